The van der Waals surface area contributed by atoms with Crippen LogP contribution in [0.3, 0.4) is 0 Å². The number of thioether (sulfide) groups is 1. The summed E-state index contributed by atoms with van der Waals surface area (Å²) in [6, 6.07) is 6.47. The van der Waals surface area contributed by atoms with E-state index in [0.717, 1.165) is 11.7 Å². The van der Waals surface area contributed by atoms with E-state index in [1.807, 2.05) is 13.1 Å². The van der Waals surface area contributed by atoms with Gasteiger partial charge in [0.2, 0.25) is 0 Å². The van der Waals surface area contributed by atoms with Gasteiger partial charge in [0.1, 0.15) is 5.75 Å². The molecule has 0 spiro atoms. The van der Waals surface area contributed by atoms with Gasteiger partial charge in [0.25, 0.3) is 0 Å². The number of benzene rings is 1. The number of methoxy groups -OCH3 is 1. The highest BCUT2D eigenvalue weighted by molar-refractivity contribution is 7.99. The van der Waals surface area contributed by atoms with Crippen LogP contribution >= 0.6 is 23.4 Å². The second kappa shape index (κ2) is 7.41. The lowest BCUT2D eigenvalue weighted by Gasteiger charge is -2.26. The molecule has 0 amide bonds. The third-order valence-corrected chi connectivity index (χ3v) is 5.20. The van der Waals surface area contributed by atoms with Crippen LogP contribution in [0.25, 0.3) is 0 Å². The molecule has 106 valence electrons. The number of ether oxygens (including phenoxy) is 1. The Morgan fingerprint density at radius 3 is 2.79 bits per heavy atom. The van der Waals surface area contributed by atoms with Gasteiger partial charge in [-0.1, -0.05) is 17.7 Å². The normalized spacial score (nSPS) is 18.3. The Bertz CT molecular complexity index is 407. The van der Waals surface area contributed by atoms with Gasteiger partial charge in [-0.25, -0.2) is 0 Å². The molecule has 1 unspecified atom stereocenters. The highest BCUT2D eigenvalue weighted by Crippen LogP contribution is 2.33. The van der Waals surface area contributed by atoms with Crippen molar-refractivity contribution in [2.75, 3.05) is 25.7 Å². The zero-order valence-electron chi connectivity index (χ0n) is 11.6. The van der Waals surface area contributed by atoms with Crippen LogP contribution in [0.5, 0.6) is 5.75 Å². The minimum atomic E-state index is 0.388. The molecular formula is C15H22ClNOS. The number of rotatable bonds is 5. The maximum Gasteiger partial charge on any atom is 0.137 e. The van der Waals surface area contributed by atoms with Crippen molar-refractivity contribution in [2.45, 2.75) is 25.3 Å². The maximum absolute atomic E-state index is 6.09. The first-order valence-corrected chi connectivity index (χ1v) is 8.36. The Balaban J connectivity index is 2.07. The van der Waals surface area contributed by atoms with Crippen molar-refractivity contribution in [3.05, 3.63) is 28.8 Å². The van der Waals surface area contributed by atoms with Crippen LogP contribution in [0.1, 0.15) is 30.9 Å². The fraction of sp³-hybridized carbons (Fsp3) is 0.600. The number of halogens is 1. The number of nitrogens with one attached hydrogen (secondary N) is 1. The molecule has 0 saturated carbocycles. The molecule has 1 aromatic carbocycles. The van der Waals surface area contributed by atoms with Gasteiger partial charge in [-0.3, -0.25) is 0 Å². The molecule has 1 fully saturated rings. The fourth-order valence-electron chi connectivity index (χ4n) is 2.63. The molecule has 1 aromatic rings. The minimum absolute atomic E-state index is 0.388. The van der Waals surface area contributed by atoms with Crippen LogP contribution in [0.15, 0.2) is 18.2 Å². The summed E-state index contributed by atoms with van der Waals surface area (Å²) in [5, 5.41) is 4.11. The molecule has 1 heterocycles. The molecule has 2 nitrogen and oxygen atoms in total. The van der Waals surface area contributed by atoms with E-state index in [2.05, 4.69) is 29.2 Å². The molecule has 19 heavy (non-hydrogen) atoms. The zero-order valence-corrected chi connectivity index (χ0v) is 13.2. The van der Waals surface area contributed by atoms with Gasteiger partial charge in [-0.05, 0) is 61.4 Å². The van der Waals surface area contributed by atoms with Gasteiger partial charge in [-0.2, -0.15) is 11.8 Å². The predicted octanol–water partition coefficient (Wildman–Crippen LogP) is 4.14. The summed E-state index contributed by atoms with van der Waals surface area (Å²) in [5.41, 5.74) is 1.27. The largest absolute Gasteiger partial charge is 0.495 e. The van der Waals surface area contributed by atoms with Gasteiger partial charge >= 0.3 is 0 Å². The third-order valence-electron chi connectivity index (χ3n) is 3.84. The van der Waals surface area contributed by atoms with E-state index in [0.29, 0.717) is 11.1 Å². The first kappa shape index (κ1) is 15.0. The average Bonchev–Trinajstić information content (AvgIpc) is 2.46. The standard InChI is InChI=1S/C15H22ClNOS/c1-17-14(9-11-5-7-19-8-6-11)12-3-4-13(16)15(10-12)18-2/h3-4,10-11,14,17H,5-9H2,1-2H3. The molecule has 1 aliphatic heterocycles. The van der Waals surface area contributed by atoms with Crippen molar-refractivity contribution in [2.24, 2.45) is 5.92 Å². The van der Waals surface area contributed by atoms with Gasteiger partial charge in [0, 0.05) is 6.04 Å². The van der Waals surface area contributed by atoms with Gasteiger partial charge in [0.05, 0.1) is 12.1 Å². The SMILES string of the molecule is CNC(CC1CCSCC1)c1ccc(Cl)c(OC)c1. The van der Waals surface area contributed by atoms with Crippen LogP contribution in [0.4, 0.5) is 0 Å². The smallest absolute Gasteiger partial charge is 0.137 e. The quantitative estimate of drug-likeness (QED) is 0.883. The molecule has 1 N–H and O–H groups in total. The Labute approximate surface area is 125 Å². The van der Waals surface area contributed by atoms with E-state index >= 15 is 0 Å². The summed E-state index contributed by atoms with van der Waals surface area (Å²) in [6.45, 7) is 0. The Morgan fingerprint density at radius 1 is 1.42 bits per heavy atom. The number of hydrogen-bond acceptors (Lipinski definition) is 3. The summed E-state index contributed by atoms with van der Waals surface area (Å²) >= 11 is 8.17. The second-order valence-corrected chi connectivity index (χ2v) is 6.66. The van der Waals surface area contributed by atoms with Gasteiger partial charge < -0.3 is 10.1 Å². The summed E-state index contributed by atoms with van der Waals surface area (Å²) in [7, 11) is 3.70. The molecule has 2 rings (SSSR count). The molecule has 0 bridgehead atoms. The molecule has 0 radical (unpaired) electrons. The summed E-state index contributed by atoms with van der Waals surface area (Å²) < 4.78 is 5.31. The van der Waals surface area contributed by atoms with E-state index in [1.54, 1.807) is 7.11 Å². The van der Waals surface area contributed by atoms with Crippen LogP contribution in [-0.2, 0) is 0 Å². The van der Waals surface area contributed by atoms with E-state index in [9.17, 15) is 0 Å². The monoisotopic (exact) mass is 299 g/mol. The zero-order chi connectivity index (χ0) is 13.7. The Hall–Kier alpha value is -0.380. The van der Waals surface area contributed by atoms with Crippen LogP contribution in [-0.4, -0.2) is 25.7 Å². The third kappa shape index (κ3) is 4.04. The lowest BCUT2D eigenvalue weighted by Crippen LogP contribution is -2.22. The summed E-state index contributed by atoms with van der Waals surface area (Å²) in [4.78, 5) is 0. The first-order chi connectivity index (χ1) is 9.24. The molecule has 0 aliphatic carbocycles. The molecule has 0 aromatic heterocycles. The van der Waals surface area contributed by atoms with Crippen molar-refractivity contribution in [1.82, 2.24) is 5.32 Å². The van der Waals surface area contributed by atoms with Crippen molar-refractivity contribution in [3.63, 3.8) is 0 Å². The molecular weight excluding hydrogens is 278 g/mol. The van der Waals surface area contributed by atoms with Crippen molar-refractivity contribution >= 4 is 23.4 Å². The lowest BCUT2D eigenvalue weighted by molar-refractivity contribution is 0.381. The molecule has 1 atom stereocenters. The van der Waals surface area contributed by atoms with Crippen molar-refractivity contribution in [1.29, 1.82) is 0 Å². The van der Waals surface area contributed by atoms with Crippen molar-refractivity contribution < 1.29 is 4.74 Å². The Kier molecular flexibility index (Phi) is 5.86. The van der Waals surface area contributed by atoms with E-state index in [4.69, 9.17) is 16.3 Å². The Morgan fingerprint density at radius 2 is 2.16 bits per heavy atom. The second-order valence-electron chi connectivity index (χ2n) is 5.03. The molecule has 4 heteroatoms. The van der Waals surface area contributed by atoms with Gasteiger partial charge in [-0.15, -0.1) is 0 Å². The van der Waals surface area contributed by atoms with E-state index in [-0.39, 0.29) is 0 Å². The minimum Gasteiger partial charge on any atom is -0.495 e. The number of hydrogen-bond donors (Lipinski definition) is 1. The van der Waals surface area contributed by atoms with E-state index < -0.39 is 0 Å². The average molecular weight is 300 g/mol. The van der Waals surface area contributed by atoms with Crippen LogP contribution in [0.2, 0.25) is 5.02 Å². The van der Waals surface area contributed by atoms with E-state index in [1.165, 1.54) is 36.3 Å². The van der Waals surface area contributed by atoms with Crippen LogP contribution < -0.4 is 10.1 Å². The molecule has 1 aliphatic rings. The first-order valence-electron chi connectivity index (χ1n) is 6.83. The molecule has 1 saturated heterocycles. The van der Waals surface area contributed by atoms with Crippen LogP contribution in [0, 0.1) is 5.92 Å². The summed E-state index contributed by atoms with van der Waals surface area (Å²) in [6.07, 6.45) is 3.88. The van der Waals surface area contributed by atoms with Crippen molar-refractivity contribution in [3.8, 4) is 5.75 Å². The van der Waals surface area contributed by atoms with Gasteiger partial charge in [0.15, 0.2) is 0 Å². The highest BCUT2D eigenvalue weighted by atomic mass is 35.5. The fourth-order valence-corrected chi connectivity index (χ4v) is 4.03. The summed E-state index contributed by atoms with van der Waals surface area (Å²) in [5.74, 6) is 4.22. The highest BCUT2D eigenvalue weighted by Gasteiger charge is 2.20. The predicted molar refractivity (Wildman–Crippen MR) is 84.5 cm³/mol. The maximum atomic E-state index is 6.09. The lowest BCUT2D eigenvalue weighted by atomic mass is 9.91. The topological polar surface area (TPSA) is 21.3 Å².